The number of pyridine rings is 1. The Kier molecular flexibility index (Phi) is 5.12. The lowest BCUT2D eigenvalue weighted by Crippen LogP contribution is -2.51. The number of rotatable bonds is 5. The van der Waals surface area contributed by atoms with Crippen LogP contribution < -0.4 is 5.32 Å². The summed E-state index contributed by atoms with van der Waals surface area (Å²) in [6.07, 6.45) is 13.3. The zero-order chi connectivity index (χ0) is 24.4. The Morgan fingerprint density at radius 3 is 2.69 bits per heavy atom. The number of alkyl halides is 2. The average molecular weight is 501 g/mol. The van der Waals surface area contributed by atoms with Crippen LogP contribution in [0.4, 0.5) is 8.78 Å². The third-order valence-corrected chi connectivity index (χ3v) is 9.85. The standard InChI is InChI=1S/C24H26F2N6O2S/c1-24(35(33,34)32-10-7-16-3-2-9-27-22(16)32)8-6-20(30-14-18-4-5-19(15-30)29-18)11-21(24)17-12-28-31(13-17)23(25)26/h2-3,6-13,18-19,21,23,29H,4-5,14-15H2,1H3. The predicted molar refractivity (Wildman–Crippen MR) is 127 cm³/mol. The van der Waals surface area contributed by atoms with Crippen molar-refractivity contribution < 1.29 is 17.2 Å². The summed E-state index contributed by atoms with van der Waals surface area (Å²) in [4.78, 5) is 6.55. The minimum atomic E-state index is -4.05. The summed E-state index contributed by atoms with van der Waals surface area (Å²) in [6, 6.07) is 6.06. The van der Waals surface area contributed by atoms with Crippen LogP contribution >= 0.6 is 0 Å². The summed E-state index contributed by atoms with van der Waals surface area (Å²) in [5.41, 5.74) is 1.65. The summed E-state index contributed by atoms with van der Waals surface area (Å²) in [6.45, 7) is 0.471. The van der Waals surface area contributed by atoms with E-state index in [1.807, 2.05) is 12.2 Å². The summed E-state index contributed by atoms with van der Waals surface area (Å²) in [5, 5.41) is 8.10. The number of aromatic nitrogens is 4. The van der Waals surface area contributed by atoms with Gasteiger partial charge in [0.15, 0.2) is 5.65 Å². The Labute approximate surface area is 202 Å². The fourth-order valence-corrected chi connectivity index (χ4v) is 7.40. The SMILES string of the molecule is CC1(S(=O)(=O)n2ccc3cccnc32)C=CC(N2CC3CCC(C2)N3)=CC1c1cnn(C(F)F)c1. The largest absolute Gasteiger partial charge is 0.369 e. The van der Waals surface area contributed by atoms with E-state index in [-0.39, 0.29) is 0 Å². The highest BCUT2D eigenvalue weighted by atomic mass is 32.2. The van der Waals surface area contributed by atoms with Crippen molar-refractivity contribution in [3.63, 3.8) is 0 Å². The molecule has 4 unspecified atom stereocenters. The summed E-state index contributed by atoms with van der Waals surface area (Å²) < 4.78 is 55.3. The summed E-state index contributed by atoms with van der Waals surface area (Å²) in [7, 11) is -4.05. The second kappa shape index (κ2) is 7.99. The molecule has 1 aliphatic carbocycles. The zero-order valence-electron chi connectivity index (χ0n) is 19.1. The lowest BCUT2D eigenvalue weighted by Gasteiger charge is -2.40. The van der Waals surface area contributed by atoms with E-state index in [9.17, 15) is 17.2 Å². The van der Waals surface area contributed by atoms with Crippen LogP contribution in [-0.2, 0) is 10.0 Å². The molecular formula is C24H26F2N6O2S. The van der Waals surface area contributed by atoms with Crippen LogP contribution in [0.1, 0.15) is 37.8 Å². The quantitative estimate of drug-likeness (QED) is 0.579. The number of halogens is 2. The second-order valence-electron chi connectivity index (χ2n) is 9.69. The Morgan fingerprint density at radius 2 is 1.97 bits per heavy atom. The van der Waals surface area contributed by atoms with Gasteiger partial charge in [-0.05, 0) is 49.6 Å². The molecule has 0 amide bonds. The highest BCUT2D eigenvalue weighted by molar-refractivity contribution is 7.91. The first kappa shape index (κ1) is 22.4. The minimum absolute atomic E-state index is 0.331. The molecule has 3 aromatic rings. The molecule has 2 saturated heterocycles. The van der Waals surface area contributed by atoms with E-state index in [1.165, 1.54) is 22.6 Å². The van der Waals surface area contributed by atoms with Crippen LogP contribution in [0.2, 0.25) is 0 Å². The molecule has 2 fully saturated rings. The first-order chi connectivity index (χ1) is 16.8. The molecule has 0 saturated carbocycles. The van der Waals surface area contributed by atoms with Crippen molar-refractivity contribution in [2.75, 3.05) is 13.1 Å². The van der Waals surface area contributed by atoms with Crippen LogP contribution in [0.15, 0.2) is 66.9 Å². The maximum atomic E-state index is 14.1. The maximum absolute atomic E-state index is 14.1. The smallest absolute Gasteiger partial charge is 0.333 e. The number of piperazine rings is 1. The molecule has 2 bridgehead atoms. The fourth-order valence-electron chi connectivity index (χ4n) is 5.61. The second-order valence-corrected chi connectivity index (χ2v) is 11.9. The number of nitrogens with one attached hydrogen (secondary N) is 1. The van der Waals surface area contributed by atoms with Crippen molar-refractivity contribution in [2.45, 2.75) is 49.1 Å². The van der Waals surface area contributed by atoms with E-state index in [0.29, 0.717) is 33.4 Å². The fraction of sp³-hybridized carbons (Fsp3) is 0.417. The van der Waals surface area contributed by atoms with Gasteiger partial charge in [0.25, 0.3) is 0 Å². The predicted octanol–water partition coefficient (Wildman–Crippen LogP) is 3.24. The monoisotopic (exact) mass is 500 g/mol. The first-order valence-corrected chi connectivity index (χ1v) is 13.1. The van der Waals surface area contributed by atoms with E-state index in [2.05, 4.69) is 20.3 Å². The van der Waals surface area contributed by atoms with E-state index in [4.69, 9.17) is 0 Å². The Morgan fingerprint density at radius 1 is 1.20 bits per heavy atom. The molecule has 1 N–H and O–H groups in total. The van der Waals surface area contributed by atoms with Crippen LogP contribution in [0.3, 0.4) is 0 Å². The summed E-state index contributed by atoms with van der Waals surface area (Å²) in [5.74, 6) is -0.728. The Bertz CT molecular complexity index is 1430. The van der Waals surface area contributed by atoms with Gasteiger partial charge in [0.05, 0.1) is 6.20 Å². The molecule has 0 radical (unpaired) electrons. The van der Waals surface area contributed by atoms with Crippen molar-refractivity contribution in [2.24, 2.45) is 0 Å². The first-order valence-electron chi connectivity index (χ1n) is 11.7. The molecule has 184 valence electrons. The normalized spacial score (nSPS) is 28.7. The highest BCUT2D eigenvalue weighted by Gasteiger charge is 2.48. The maximum Gasteiger partial charge on any atom is 0.333 e. The van der Waals surface area contributed by atoms with Crippen molar-refractivity contribution in [3.8, 4) is 0 Å². The molecule has 5 heterocycles. The molecule has 3 aromatic heterocycles. The minimum Gasteiger partial charge on any atom is -0.369 e. The van der Waals surface area contributed by atoms with Crippen molar-refractivity contribution in [3.05, 3.63) is 72.5 Å². The number of allylic oxidation sites excluding steroid dienone is 2. The van der Waals surface area contributed by atoms with Crippen LogP contribution in [0.5, 0.6) is 0 Å². The van der Waals surface area contributed by atoms with Gasteiger partial charge < -0.3 is 10.2 Å². The lowest BCUT2D eigenvalue weighted by atomic mass is 9.83. The number of fused-ring (bicyclic) bond motifs is 3. The molecule has 0 spiro atoms. The van der Waals surface area contributed by atoms with Crippen molar-refractivity contribution in [1.29, 1.82) is 0 Å². The van der Waals surface area contributed by atoms with Crippen LogP contribution in [-0.4, -0.2) is 62.0 Å². The highest BCUT2D eigenvalue weighted by Crippen LogP contribution is 2.43. The topological polar surface area (TPSA) is 85.1 Å². The lowest BCUT2D eigenvalue weighted by molar-refractivity contribution is 0.0565. The zero-order valence-corrected chi connectivity index (χ0v) is 19.9. The van der Waals surface area contributed by atoms with Gasteiger partial charge in [-0.3, -0.25) is 0 Å². The molecule has 2 aliphatic heterocycles. The van der Waals surface area contributed by atoms with Gasteiger partial charge >= 0.3 is 6.55 Å². The van der Waals surface area contributed by atoms with Gasteiger partial charge in [0, 0.05) is 60.8 Å². The molecule has 8 nitrogen and oxygen atoms in total. The number of hydrogen-bond acceptors (Lipinski definition) is 6. The molecular weight excluding hydrogens is 474 g/mol. The average Bonchev–Trinajstić information content (AvgIpc) is 3.57. The van der Waals surface area contributed by atoms with Gasteiger partial charge in [-0.1, -0.05) is 12.2 Å². The Balaban J connectivity index is 1.45. The van der Waals surface area contributed by atoms with Gasteiger partial charge in [0.2, 0.25) is 10.0 Å². The number of hydrogen-bond donors (Lipinski definition) is 1. The molecule has 3 aliphatic rings. The van der Waals surface area contributed by atoms with E-state index in [0.717, 1.165) is 31.6 Å². The molecule has 0 aromatic carbocycles. The van der Waals surface area contributed by atoms with E-state index < -0.39 is 27.2 Å². The van der Waals surface area contributed by atoms with Crippen LogP contribution in [0.25, 0.3) is 11.0 Å². The molecule has 11 heteroatoms. The molecule has 6 rings (SSSR count). The van der Waals surface area contributed by atoms with E-state index in [1.54, 1.807) is 37.4 Å². The third-order valence-electron chi connectivity index (χ3n) is 7.53. The number of nitrogens with zero attached hydrogens (tertiary/aromatic N) is 5. The molecule has 35 heavy (non-hydrogen) atoms. The van der Waals surface area contributed by atoms with E-state index >= 15 is 0 Å². The van der Waals surface area contributed by atoms with Gasteiger partial charge in [-0.15, -0.1) is 0 Å². The summed E-state index contributed by atoms with van der Waals surface area (Å²) >= 11 is 0. The third kappa shape index (κ3) is 3.51. The van der Waals surface area contributed by atoms with Crippen molar-refractivity contribution >= 4 is 21.1 Å². The number of likely N-dealkylation sites (tertiary alicyclic amines) is 1. The van der Waals surface area contributed by atoms with Gasteiger partial charge in [0.1, 0.15) is 4.75 Å². The molecule has 4 atom stereocenters. The van der Waals surface area contributed by atoms with Gasteiger partial charge in [-0.2, -0.15) is 13.9 Å². The van der Waals surface area contributed by atoms with Crippen molar-refractivity contribution in [1.82, 2.24) is 29.0 Å². The Hall–Kier alpha value is -3.05. The van der Waals surface area contributed by atoms with Gasteiger partial charge in [-0.25, -0.2) is 22.1 Å². The van der Waals surface area contributed by atoms with Crippen LogP contribution in [0, 0.1) is 0 Å².